The molecular weight excluding hydrogens is 353 g/mol. The van der Waals surface area contributed by atoms with Gasteiger partial charge in [0.05, 0.1) is 12.3 Å². The van der Waals surface area contributed by atoms with Gasteiger partial charge in [0.15, 0.2) is 0 Å². The van der Waals surface area contributed by atoms with Crippen molar-refractivity contribution in [3.63, 3.8) is 0 Å². The molecule has 0 radical (unpaired) electrons. The number of para-hydroxylation sites is 1. The number of nitrogens with one attached hydrogen (secondary N) is 1. The Morgan fingerprint density at radius 1 is 1.04 bits per heavy atom. The molecule has 0 heterocycles. The highest BCUT2D eigenvalue weighted by atomic mass is 35.5. The number of amides is 1. The summed E-state index contributed by atoms with van der Waals surface area (Å²) in [5, 5.41) is 4.07. The zero-order valence-corrected chi connectivity index (χ0v) is 14.8. The molecule has 0 saturated carbocycles. The lowest BCUT2D eigenvalue weighted by atomic mass is 10.2. The van der Waals surface area contributed by atoms with Crippen LogP contribution in [0.4, 0.5) is 0 Å². The van der Waals surface area contributed by atoms with Crippen molar-refractivity contribution < 1.29 is 9.53 Å². The monoisotopic (exact) mass is 369 g/mol. The summed E-state index contributed by atoms with van der Waals surface area (Å²) in [6.45, 7) is 0.915. The first kappa shape index (κ1) is 18.0. The van der Waals surface area contributed by atoms with Gasteiger partial charge in [-0.15, -0.1) is 11.8 Å². The molecule has 23 heavy (non-hydrogen) atoms. The van der Waals surface area contributed by atoms with E-state index in [1.54, 1.807) is 18.2 Å². The minimum Gasteiger partial charge on any atom is -0.492 e. The lowest BCUT2D eigenvalue weighted by Gasteiger charge is -2.08. The Kier molecular flexibility index (Phi) is 7.59. The van der Waals surface area contributed by atoms with Gasteiger partial charge in [0.25, 0.3) is 0 Å². The molecule has 0 aliphatic carbocycles. The Balaban J connectivity index is 1.62. The fraction of sp³-hybridized carbons (Fsp3) is 0.235. The third kappa shape index (κ3) is 6.34. The average Bonchev–Trinajstić information content (AvgIpc) is 2.55. The highest BCUT2D eigenvalue weighted by Gasteiger charge is 2.07. The predicted octanol–water partition coefficient (Wildman–Crippen LogP) is 4.42. The molecular formula is C17H17Cl2NO2S. The molecule has 0 aliphatic rings. The number of benzene rings is 2. The van der Waals surface area contributed by atoms with Gasteiger partial charge in [-0.2, -0.15) is 0 Å². The van der Waals surface area contributed by atoms with Crippen LogP contribution in [0.1, 0.15) is 5.56 Å². The molecule has 2 rings (SSSR count). The van der Waals surface area contributed by atoms with Crippen LogP contribution < -0.4 is 10.1 Å². The largest absolute Gasteiger partial charge is 0.492 e. The summed E-state index contributed by atoms with van der Waals surface area (Å²) in [7, 11) is 0. The van der Waals surface area contributed by atoms with Crippen molar-refractivity contribution in [2.75, 3.05) is 18.9 Å². The number of carbonyl (C=O) groups excluding carboxylic acids is 1. The van der Waals surface area contributed by atoms with Crippen LogP contribution in [0.15, 0.2) is 48.5 Å². The Labute approximate surface area is 150 Å². The molecule has 0 unspecified atom stereocenters. The number of carbonyl (C=O) groups is 1. The molecule has 0 fully saturated rings. The van der Waals surface area contributed by atoms with Gasteiger partial charge >= 0.3 is 0 Å². The fourth-order valence-electron chi connectivity index (χ4n) is 1.84. The summed E-state index contributed by atoms with van der Waals surface area (Å²) in [6, 6.07) is 14.9. The number of ether oxygens (including phenoxy) is 1. The van der Waals surface area contributed by atoms with E-state index in [1.807, 2.05) is 30.3 Å². The molecule has 2 aromatic carbocycles. The summed E-state index contributed by atoms with van der Waals surface area (Å²) in [5.74, 6) is 1.72. The maximum absolute atomic E-state index is 11.8. The Morgan fingerprint density at radius 2 is 1.74 bits per heavy atom. The van der Waals surface area contributed by atoms with Crippen LogP contribution in [0, 0.1) is 0 Å². The average molecular weight is 370 g/mol. The number of halogens is 2. The molecule has 0 aromatic heterocycles. The van der Waals surface area contributed by atoms with Crippen molar-refractivity contribution in [2.45, 2.75) is 5.75 Å². The molecule has 2 aromatic rings. The molecule has 6 heteroatoms. The first-order valence-electron chi connectivity index (χ1n) is 7.12. The third-order valence-electron chi connectivity index (χ3n) is 2.98. The van der Waals surface area contributed by atoms with Crippen LogP contribution in [0.5, 0.6) is 5.75 Å². The molecule has 0 atom stereocenters. The van der Waals surface area contributed by atoms with Gasteiger partial charge in [0.2, 0.25) is 5.91 Å². The summed E-state index contributed by atoms with van der Waals surface area (Å²) < 4.78 is 5.51. The first-order valence-corrected chi connectivity index (χ1v) is 9.03. The summed E-state index contributed by atoms with van der Waals surface area (Å²) >= 11 is 13.7. The van der Waals surface area contributed by atoms with Gasteiger partial charge < -0.3 is 10.1 Å². The number of hydrogen-bond acceptors (Lipinski definition) is 3. The van der Waals surface area contributed by atoms with Crippen LogP contribution in [0.2, 0.25) is 10.0 Å². The van der Waals surface area contributed by atoms with Crippen LogP contribution in [-0.2, 0) is 10.5 Å². The number of rotatable bonds is 8. The lowest BCUT2D eigenvalue weighted by molar-refractivity contribution is -0.118. The molecule has 122 valence electrons. The van der Waals surface area contributed by atoms with Gasteiger partial charge in [-0.25, -0.2) is 0 Å². The van der Waals surface area contributed by atoms with Crippen molar-refractivity contribution in [2.24, 2.45) is 0 Å². The van der Waals surface area contributed by atoms with E-state index in [2.05, 4.69) is 5.32 Å². The van der Waals surface area contributed by atoms with Gasteiger partial charge in [-0.3, -0.25) is 4.79 Å². The Bertz CT molecular complexity index is 617. The standard InChI is InChI=1S/C17H17Cl2NO2S/c18-15-7-4-8-16(19)14(15)11-23-12-17(21)20-9-10-22-13-5-2-1-3-6-13/h1-8H,9-12H2,(H,20,21). The van der Waals surface area contributed by atoms with E-state index in [-0.39, 0.29) is 5.91 Å². The molecule has 0 saturated heterocycles. The van der Waals surface area contributed by atoms with Crippen LogP contribution in [0.3, 0.4) is 0 Å². The zero-order valence-electron chi connectivity index (χ0n) is 12.4. The normalized spacial score (nSPS) is 10.3. The summed E-state index contributed by atoms with van der Waals surface area (Å²) in [5.41, 5.74) is 0.862. The summed E-state index contributed by atoms with van der Waals surface area (Å²) in [4.78, 5) is 11.8. The van der Waals surface area contributed by atoms with Crippen molar-refractivity contribution in [1.82, 2.24) is 5.32 Å². The van der Waals surface area contributed by atoms with Gasteiger partial charge in [0.1, 0.15) is 12.4 Å². The second-order valence-corrected chi connectivity index (χ2v) is 6.50. The van der Waals surface area contributed by atoms with Gasteiger partial charge in [-0.05, 0) is 29.8 Å². The SMILES string of the molecule is O=C(CSCc1c(Cl)cccc1Cl)NCCOc1ccccc1. The Morgan fingerprint density at radius 3 is 2.43 bits per heavy atom. The first-order chi connectivity index (χ1) is 11.2. The van der Waals surface area contributed by atoms with Crippen LogP contribution in [0.25, 0.3) is 0 Å². The molecule has 0 aliphatic heterocycles. The molecule has 0 spiro atoms. The topological polar surface area (TPSA) is 38.3 Å². The van der Waals surface area contributed by atoms with Crippen molar-refractivity contribution in [3.05, 3.63) is 64.1 Å². The molecule has 1 N–H and O–H groups in total. The van der Waals surface area contributed by atoms with E-state index in [4.69, 9.17) is 27.9 Å². The van der Waals surface area contributed by atoms with Crippen LogP contribution in [-0.4, -0.2) is 24.8 Å². The maximum Gasteiger partial charge on any atom is 0.230 e. The Hall–Kier alpha value is -1.36. The number of hydrogen-bond donors (Lipinski definition) is 1. The van der Waals surface area contributed by atoms with E-state index in [1.165, 1.54) is 11.8 Å². The molecule has 0 bridgehead atoms. The van der Waals surface area contributed by atoms with E-state index in [9.17, 15) is 4.79 Å². The molecule has 3 nitrogen and oxygen atoms in total. The van der Waals surface area contributed by atoms with Gasteiger partial charge in [0, 0.05) is 15.8 Å². The molecule has 1 amide bonds. The van der Waals surface area contributed by atoms with Crippen LogP contribution >= 0.6 is 35.0 Å². The maximum atomic E-state index is 11.8. The van der Waals surface area contributed by atoms with Crippen molar-refractivity contribution in [1.29, 1.82) is 0 Å². The minimum absolute atomic E-state index is 0.0326. The highest BCUT2D eigenvalue weighted by molar-refractivity contribution is 7.99. The van der Waals surface area contributed by atoms with Crippen molar-refractivity contribution >= 4 is 40.9 Å². The minimum atomic E-state index is -0.0326. The number of thioether (sulfide) groups is 1. The second-order valence-electron chi connectivity index (χ2n) is 4.70. The van der Waals surface area contributed by atoms with E-state index >= 15 is 0 Å². The van der Waals surface area contributed by atoms with Gasteiger partial charge in [-0.1, -0.05) is 47.5 Å². The van der Waals surface area contributed by atoms with Crippen molar-refractivity contribution in [3.8, 4) is 5.75 Å². The lowest BCUT2D eigenvalue weighted by Crippen LogP contribution is -2.29. The quantitative estimate of drug-likeness (QED) is 0.699. The predicted molar refractivity (Wildman–Crippen MR) is 97.6 cm³/mol. The summed E-state index contributed by atoms with van der Waals surface area (Å²) in [6.07, 6.45) is 0. The fourth-order valence-corrected chi connectivity index (χ4v) is 3.44. The van der Waals surface area contributed by atoms with E-state index in [0.29, 0.717) is 34.7 Å². The van der Waals surface area contributed by atoms with E-state index < -0.39 is 0 Å². The van der Waals surface area contributed by atoms with E-state index in [0.717, 1.165) is 11.3 Å². The second kappa shape index (κ2) is 9.71. The smallest absolute Gasteiger partial charge is 0.230 e. The zero-order chi connectivity index (χ0) is 16.5. The highest BCUT2D eigenvalue weighted by Crippen LogP contribution is 2.28. The third-order valence-corrected chi connectivity index (χ3v) is 4.64.